The van der Waals surface area contributed by atoms with Gasteiger partial charge in [0.15, 0.2) is 0 Å². The van der Waals surface area contributed by atoms with E-state index in [1.54, 1.807) is 0 Å². The van der Waals surface area contributed by atoms with Gasteiger partial charge < -0.3 is 10.4 Å². The average Bonchev–Trinajstić information content (AvgIpc) is 2.14. The molecular weight excluding hydrogens is 214 g/mol. The second-order valence-corrected chi connectivity index (χ2v) is 6.91. The quantitative estimate of drug-likeness (QED) is 0.775. The Morgan fingerprint density at radius 2 is 2.21 bits per heavy atom. The van der Waals surface area contributed by atoms with Crippen molar-refractivity contribution in [1.82, 2.24) is 5.32 Å². The highest BCUT2D eigenvalue weighted by molar-refractivity contribution is 8.06. The normalized spacial score (nSPS) is 26.1. The maximum atomic E-state index is 9.74. The van der Waals surface area contributed by atoms with Crippen molar-refractivity contribution in [3.05, 3.63) is 0 Å². The van der Waals surface area contributed by atoms with Gasteiger partial charge in [-0.15, -0.1) is 0 Å². The van der Waals surface area contributed by atoms with Gasteiger partial charge in [0.05, 0.1) is 5.60 Å². The van der Waals surface area contributed by atoms with E-state index < -0.39 is 5.60 Å². The van der Waals surface area contributed by atoms with Crippen LogP contribution in [0.5, 0.6) is 0 Å². The van der Waals surface area contributed by atoms with E-state index in [9.17, 15) is 5.11 Å². The van der Waals surface area contributed by atoms with E-state index in [0.717, 1.165) is 11.8 Å². The first-order valence-electron chi connectivity index (χ1n) is 5.15. The molecule has 0 bridgehead atoms. The molecule has 0 aromatic heterocycles. The van der Waals surface area contributed by atoms with Gasteiger partial charge in [-0.05, 0) is 20.8 Å². The Balaban J connectivity index is 2.19. The fourth-order valence-electron chi connectivity index (χ4n) is 1.21. The first-order chi connectivity index (χ1) is 6.50. The molecule has 4 heteroatoms. The minimum absolute atomic E-state index is 0.162. The summed E-state index contributed by atoms with van der Waals surface area (Å²) in [6.07, 6.45) is 0. The van der Waals surface area contributed by atoms with Gasteiger partial charge in [-0.3, -0.25) is 0 Å². The van der Waals surface area contributed by atoms with Crippen LogP contribution in [0.2, 0.25) is 0 Å². The number of hydrogen-bond donors (Lipinski definition) is 2. The molecule has 14 heavy (non-hydrogen) atoms. The molecule has 1 aliphatic rings. The van der Waals surface area contributed by atoms with E-state index >= 15 is 0 Å². The summed E-state index contributed by atoms with van der Waals surface area (Å²) in [6.45, 7) is 6.77. The maximum Gasteiger partial charge on any atom is 0.0741 e. The van der Waals surface area contributed by atoms with Gasteiger partial charge in [-0.1, -0.05) is 0 Å². The number of aliphatic hydroxyl groups is 1. The maximum absolute atomic E-state index is 9.74. The van der Waals surface area contributed by atoms with Crippen molar-refractivity contribution in [3.63, 3.8) is 0 Å². The summed E-state index contributed by atoms with van der Waals surface area (Å²) in [5.74, 6) is 3.81. The van der Waals surface area contributed by atoms with Gasteiger partial charge in [0.1, 0.15) is 0 Å². The second kappa shape index (κ2) is 5.64. The van der Waals surface area contributed by atoms with Crippen molar-refractivity contribution >= 4 is 23.5 Å². The molecule has 0 saturated carbocycles. The molecule has 0 aromatic rings. The molecule has 2 nitrogen and oxygen atoms in total. The van der Waals surface area contributed by atoms with E-state index in [1.807, 2.05) is 32.5 Å². The van der Waals surface area contributed by atoms with Crippen LogP contribution in [0.1, 0.15) is 20.8 Å². The topological polar surface area (TPSA) is 32.3 Å². The van der Waals surface area contributed by atoms with Gasteiger partial charge in [-0.2, -0.15) is 23.5 Å². The number of rotatable bonds is 4. The molecule has 2 N–H and O–H groups in total. The van der Waals surface area contributed by atoms with Crippen LogP contribution in [-0.4, -0.2) is 45.8 Å². The van der Waals surface area contributed by atoms with Crippen LogP contribution in [0, 0.1) is 0 Å². The van der Waals surface area contributed by atoms with E-state index in [-0.39, 0.29) is 6.04 Å². The summed E-state index contributed by atoms with van der Waals surface area (Å²) in [5, 5.41) is 13.9. The Bertz CT molecular complexity index is 164. The minimum Gasteiger partial charge on any atom is -0.389 e. The van der Waals surface area contributed by atoms with Gasteiger partial charge in [0.2, 0.25) is 0 Å². The third-order valence-electron chi connectivity index (χ3n) is 2.60. The SMILES string of the molecule is CC(NCC1CSCCS1)C(C)(C)O. The van der Waals surface area contributed by atoms with Crippen LogP contribution in [-0.2, 0) is 0 Å². The van der Waals surface area contributed by atoms with Crippen molar-refractivity contribution in [3.8, 4) is 0 Å². The Hall–Kier alpha value is 0.620. The van der Waals surface area contributed by atoms with Crippen LogP contribution in [0.25, 0.3) is 0 Å². The molecule has 1 fully saturated rings. The molecule has 1 heterocycles. The van der Waals surface area contributed by atoms with Gasteiger partial charge in [-0.25, -0.2) is 0 Å². The molecule has 1 saturated heterocycles. The van der Waals surface area contributed by atoms with E-state index in [4.69, 9.17) is 0 Å². The standard InChI is InChI=1S/C10H21NOS2/c1-8(10(2,3)12)11-6-9-7-13-4-5-14-9/h8-9,11-12H,4-7H2,1-3H3. The summed E-state index contributed by atoms with van der Waals surface area (Å²) in [5.41, 5.74) is -0.619. The number of hydrogen-bond acceptors (Lipinski definition) is 4. The predicted octanol–water partition coefficient (Wildman–Crippen LogP) is 1.58. The third kappa shape index (κ3) is 4.43. The van der Waals surface area contributed by atoms with E-state index in [0.29, 0.717) is 0 Å². The van der Waals surface area contributed by atoms with Crippen LogP contribution in [0.4, 0.5) is 0 Å². The zero-order chi connectivity index (χ0) is 10.6. The summed E-state index contributed by atoms with van der Waals surface area (Å²) in [7, 11) is 0. The summed E-state index contributed by atoms with van der Waals surface area (Å²) in [6, 6.07) is 0.162. The lowest BCUT2D eigenvalue weighted by atomic mass is 10.0. The third-order valence-corrected chi connectivity index (χ3v) is 5.44. The molecule has 0 amide bonds. The van der Waals surface area contributed by atoms with Crippen molar-refractivity contribution in [1.29, 1.82) is 0 Å². The summed E-state index contributed by atoms with van der Waals surface area (Å²) < 4.78 is 0. The molecule has 84 valence electrons. The van der Waals surface area contributed by atoms with Crippen LogP contribution in [0.15, 0.2) is 0 Å². The number of nitrogens with one attached hydrogen (secondary N) is 1. The van der Waals surface area contributed by atoms with E-state index in [1.165, 1.54) is 17.3 Å². The van der Waals surface area contributed by atoms with Crippen molar-refractivity contribution in [2.45, 2.75) is 37.7 Å². The zero-order valence-electron chi connectivity index (χ0n) is 9.25. The highest BCUT2D eigenvalue weighted by atomic mass is 32.2. The predicted molar refractivity (Wildman–Crippen MR) is 67.3 cm³/mol. The fourth-order valence-corrected chi connectivity index (χ4v) is 3.84. The molecule has 0 spiro atoms. The lowest BCUT2D eigenvalue weighted by Crippen LogP contribution is -2.47. The van der Waals surface area contributed by atoms with Crippen LogP contribution in [0.3, 0.4) is 0 Å². The summed E-state index contributed by atoms with van der Waals surface area (Å²) in [4.78, 5) is 0. The van der Waals surface area contributed by atoms with Crippen LogP contribution < -0.4 is 5.32 Å². The Kier molecular flexibility index (Phi) is 5.11. The van der Waals surface area contributed by atoms with Gasteiger partial charge >= 0.3 is 0 Å². The Labute approximate surface area is 95.6 Å². The zero-order valence-corrected chi connectivity index (χ0v) is 10.9. The smallest absolute Gasteiger partial charge is 0.0741 e. The first-order valence-corrected chi connectivity index (χ1v) is 7.35. The fraction of sp³-hybridized carbons (Fsp3) is 1.00. The lowest BCUT2D eigenvalue weighted by molar-refractivity contribution is 0.0447. The molecule has 1 aliphatic heterocycles. The average molecular weight is 235 g/mol. The molecule has 2 unspecified atom stereocenters. The highest BCUT2D eigenvalue weighted by Gasteiger charge is 2.23. The highest BCUT2D eigenvalue weighted by Crippen LogP contribution is 2.23. The van der Waals surface area contributed by atoms with Gasteiger partial charge in [0, 0.05) is 35.1 Å². The van der Waals surface area contributed by atoms with Crippen molar-refractivity contribution < 1.29 is 5.11 Å². The molecule has 0 aromatic carbocycles. The monoisotopic (exact) mass is 235 g/mol. The largest absolute Gasteiger partial charge is 0.389 e. The van der Waals surface area contributed by atoms with Crippen molar-refractivity contribution in [2.75, 3.05) is 23.8 Å². The molecule has 0 aliphatic carbocycles. The Morgan fingerprint density at radius 3 is 2.71 bits per heavy atom. The molecular formula is C10H21NOS2. The Morgan fingerprint density at radius 1 is 1.50 bits per heavy atom. The second-order valence-electron chi connectivity index (χ2n) is 4.35. The first kappa shape index (κ1) is 12.7. The minimum atomic E-state index is -0.619. The molecule has 0 radical (unpaired) electrons. The van der Waals surface area contributed by atoms with E-state index in [2.05, 4.69) is 17.1 Å². The lowest BCUT2D eigenvalue weighted by Gasteiger charge is -2.29. The van der Waals surface area contributed by atoms with Crippen molar-refractivity contribution in [2.24, 2.45) is 0 Å². The number of thioether (sulfide) groups is 2. The van der Waals surface area contributed by atoms with Crippen LogP contribution >= 0.6 is 23.5 Å². The molecule has 2 atom stereocenters. The molecule has 1 rings (SSSR count). The van der Waals surface area contributed by atoms with Gasteiger partial charge in [0.25, 0.3) is 0 Å². The summed E-state index contributed by atoms with van der Waals surface area (Å²) >= 11 is 4.09.